The van der Waals surface area contributed by atoms with Crippen molar-refractivity contribution in [2.45, 2.75) is 187 Å². The van der Waals surface area contributed by atoms with Gasteiger partial charge in [-0.05, 0) is 77.0 Å². The van der Waals surface area contributed by atoms with E-state index in [-0.39, 0.29) is 19.3 Å². The van der Waals surface area contributed by atoms with Crippen molar-refractivity contribution in [3.05, 3.63) is 97.2 Å². The molecule has 0 aliphatic heterocycles. The molecule has 3 unspecified atom stereocenters. The quantitative estimate of drug-likeness (QED) is 0.0197. The molecule has 0 heterocycles. The molecule has 0 aromatic rings. The van der Waals surface area contributed by atoms with Crippen LogP contribution in [0.5, 0.6) is 0 Å². The first kappa shape index (κ1) is 60.4. The number of rotatable bonds is 43. The van der Waals surface area contributed by atoms with Crippen molar-refractivity contribution in [3.63, 3.8) is 0 Å². The van der Waals surface area contributed by atoms with Crippen molar-refractivity contribution in [1.82, 2.24) is 0 Å². The number of ether oxygens (including phenoxy) is 3. The number of aliphatic hydroxyl groups is 1. The Bertz CT molecular complexity index is 1440. The van der Waals surface area contributed by atoms with Gasteiger partial charge in [-0.15, -0.1) is 0 Å². The molecular formula is C52H85O11P. The highest BCUT2D eigenvalue weighted by Gasteiger charge is 2.28. The van der Waals surface area contributed by atoms with E-state index < -0.39 is 64.4 Å². The molecule has 0 bridgehead atoms. The number of allylic oxidation sites excluding steroid dienone is 15. The van der Waals surface area contributed by atoms with Crippen LogP contribution < -0.4 is 0 Å². The molecule has 3 atom stereocenters. The van der Waals surface area contributed by atoms with Crippen LogP contribution in [0.15, 0.2) is 97.2 Å². The highest BCUT2D eigenvalue weighted by Crippen LogP contribution is 2.43. The molecule has 11 nitrogen and oxygen atoms in total. The van der Waals surface area contributed by atoms with Gasteiger partial charge in [0.05, 0.1) is 26.2 Å². The third-order valence-corrected chi connectivity index (χ3v) is 10.5. The Kier molecular flexibility index (Phi) is 43.4. The number of carbonyl (C=O) groups excluding carboxylic acids is 3. The number of phosphoric ester groups is 1. The van der Waals surface area contributed by atoms with Gasteiger partial charge in [0.1, 0.15) is 12.7 Å². The molecular weight excluding hydrogens is 832 g/mol. The van der Waals surface area contributed by atoms with Crippen molar-refractivity contribution >= 4 is 25.7 Å². The van der Waals surface area contributed by atoms with Crippen LogP contribution in [0.3, 0.4) is 0 Å². The molecule has 0 spiro atoms. The SMILES string of the molecule is CC/C=C\C/C=C\C/C=C\C/C=C\C/C=C\CC(=O)OCC(COP(=O)(O)OCC(CO)OC(=O)CCCCCCCCCCC)OC(=O)CCCCC/C=C\C/C=C\C/C=C\CC. The Balaban J connectivity index is 4.94. The molecule has 0 saturated carbocycles. The zero-order chi connectivity index (χ0) is 47.0. The molecule has 0 amide bonds. The highest BCUT2D eigenvalue weighted by molar-refractivity contribution is 7.47. The molecule has 0 rings (SSSR count). The van der Waals surface area contributed by atoms with Crippen molar-refractivity contribution in [2.24, 2.45) is 0 Å². The molecule has 0 fully saturated rings. The van der Waals surface area contributed by atoms with Gasteiger partial charge in [-0.25, -0.2) is 4.57 Å². The lowest BCUT2D eigenvalue weighted by Crippen LogP contribution is -2.30. The van der Waals surface area contributed by atoms with Gasteiger partial charge in [0.25, 0.3) is 0 Å². The zero-order valence-corrected chi connectivity index (χ0v) is 40.6. The summed E-state index contributed by atoms with van der Waals surface area (Å²) in [6.45, 7) is 4.20. The second-order valence-electron chi connectivity index (χ2n) is 15.5. The average molecular weight is 917 g/mol. The van der Waals surface area contributed by atoms with E-state index in [9.17, 15) is 28.9 Å². The van der Waals surface area contributed by atoms with Gasteiger partial charge in [-0.2, -0.15) is 0 Å². The van der Waals surface area contributed by atoms with Gasteiger partial charge in [-0.1, -0.05) is 176 Å². The lowest BCUT2D eigenvalue weighted by molar-refractivity contribution is -0.161. The van der Waals surface area contributed by atoms with Crippen LogP contribution in [0.25, 0.3) is 0 Å². The first-order valence-electron chi connectivity index (χ1n) is 24.1. The number of aliphatic hydroxyl groups excluding tert-OH is 1. The Hall–Kier alpha value is -3.60. The number of unbranched alkanes of at least 4 members (excludes halogenated alkanes) is 11. The maximum atomic E-state index is 12.8. The topological polar surface area (TPSA) is 155 Å². The predicted molar refractivity (Wildman–Crippen MR) is 260 cm³/mol. The van der Waals surface area contributed by atoms with Crippen LogP contribution in [0.4, 0.5) is 0 Å². The molecule has 0 saturated heterocycles. The molecule has 64 heavy (non-hydrogen) atoms. The normalized spacial score (nSPS) is 14.4. The second-order valence-corrected chi connectivity index (χ2v) is 17.0. The van der Waals surface area contributed by atoms with Crippen LogP contribution in [0, 0.1) is 0 Å². The fraction of sp³-hybridized carbons (Fsp3) is 0.635. The number of phosphoric acid groups is 1. The second kappa shape index (κ2) is 45.9. The first-order valence-corrected chi connectivity index (χ1v) is 25.6. The monoisotopic (exact) mass is 917 g/mol. The fourth-order valence-corrected chi connectivity index (χ4v) is 6.70. The molecule has 0 aromatic carbocycles. The van der Waals surface area contributed by atoms with Gasteiger partial charge in [-0.3, -0.25) is 23.4 Å². The van der Waals surface area contributed by atoms with Crippen LogP contribution in [0.2, 0.25) is 0 Å². The summed E-state index contributed by atoms with van der Waals surface area (Å²) in [5, 5.41) is 9.72. The smallest absolute Gasteiger partial charge is 0.461 e. The van der Waals surface area contributed by atoms with Crippen molar-refractivity contribution in [2.75, 3.05) is 26.4 Å². The minimum Gasteiger partial charge on any atom is -0.461 e. The van der Waals surface area contributed by atoms with E-state index >= 15 is 0 Å². The van der Waals surface area contributed by atoms with Crippen molar-refractivity contribution in [1.29, 1.82) is 0 Å². The number of hydrogen-bond donors (Lipinski definition) is 2. The molecule has 0 aliphatic carbocycles. The minimum atomic E-state index is -4.76. The third kappa shape index (κ3) is 43.6. The summed E-state index contributed by atoms with van der Waals surface area (Å²) in [5.41, 5.74) is 0. The Morgan fingerprint density at radius 3 is 1.33 bits per heavy atom. The molecule has 364 valence electrons. The minimum absolute atomic E-state index is 0.0158. The van der Waals surface area contributed by atoms with E-state index in [0.29, 0.717) is 19.3 Å². The molecule has 0 aromatic heterocycles. The third-order valence-electron chi connectivity index (χ3n) is 9.54. The van der Waals surface area contributed by atoms with Gasteiger partial charge < -0.3 is 24.2 Å². The van der Waals surface area contributed by atoms with Crippen molar-refractivity contribution in [3.8, 4) is 0 Å². The van der Waals surface area contributed by atoms with Gasteiger partial charge in [0.2, 0.25) is 0 Å². The number of hydrogen-bond acceptors (Lipinski definition) is 10. The zero-order valence-electron chi connectivity index (χ0n) is 39.7. The first-order chi connectivity index (χ1) is 31.2. The largest absolute Gasteiger partial charge is 0.472 e. The summed E-state index contributed by atoms with van der Waals surface area (Å²) in [7, 11) is -4.76. The lowest BCUT2D eigenvalue weighted by atomic mass is 10.1. The summed E-state index contributed by atoms with van der Waals surface area (Å²) in [6.07, 6.45) is 51.4. The van der Waals surface area contributed by atoms with Crippen LogP contribution in [0.1, 0.15) is 175 Å². The van der Waals surface area contributed by atoms with E-state index in [1.807, 2.05) is 12.2 Å². The lowest BCUT2D eigenvalue weighted by Gasteiger charge is -2.21. The van der Waals surface area contributed by atoms with Gasteiger partial charge in [0.15, 0.2) is 6.10 Å². The van der Waals surface area contributed by atoms with Crippen LogP contribution in [-0.2, 0) is 42.2 Å². The summed E-state index contributed by atoms with van der Waals surface area (Å²) < 4.78 is 39.0. The molecule has 12 heteroatoms. The highest BCUT2D eigenvalue weighted by atomic mass is 31.2. The predicted octanol–water partition coefficient (Wildman–Crippen LogP) is 13.4. The average Bonchev–Trinajstić information content (AvgIpc) is 3.28. The Labute approximate surface area is 387 Å². The van der Waals surface area contributed by atoms with E-state index in [0.717, 1.165) is 83.5 Å². The maximum absolute atomic E-state index is 12.8. The van der Waals surface area contributed by atoms with Crippen LogP contribution in [-0.4, -0.2) is 66.5 Å². The Morgan fingerprint density at radius 2 is 0.859 bits per heavy atom. The number of carbonyl (C=O) groups is 3. The van der Waals surface area contributed by atoms with E-state index in [2.05, 4.69) is 99.8 Å². The van der Waals surface area contributed by atoms with E-state index in [4.69, 9.17) is 23.3 Å². The summed E-state index contributed by atoms with van der Waals surface area (Å²) >= 11 is 0. The summed E-state index contributed by atoms with van der Waals surface area (Å²) in [6, 6.07) is 0. The molecule has 0 radical (unpaired) electrons. The maximum Gasteiger partial charge on any atom is 0.472 e. The molecule has 2 N–H and O–H groups in total. The Morgan fingerprint density at radius 1 is 0.469 bits per heavy atom. The molecule has 0 aliphatic rings. The standard InChI is InChI=1S/C52H85O11P/c1-4-7-10-13-16-19-21-23-24-26-27-30-32-35-38-41-50(54)59-45-49(63-52(56)43-40-37-34-31-28-25-22-20-17-14-11-8-5-2)47-61-64(57,58)60-46-48(44-53)62-51(55)42-39-36-33-29-18-15-12-9-6-3/h7-8,10-11,16-17,19-20,23-25,27-28,30,35,38,48-49,53H,4-6,9,12-15,18,21-22,26,29,31-34,36-37,39-47H2,1-3H3,(H,57,58)/b10-7-,11-8-,19-16-,20-17-,24-23-,28-25-,30-27-,38-35-. The fourth-order valence-electron chi connectivity index (χ4n) is 5.91. The van der Waals surface area contributed by atoms with Gasteiger partial charge in [0, 0.05) is 12.8 Å². The van der Waals surface area contributed by atoms with E-state index in [1.54, 1.807) is 6.08 Å². The number of esters is 3. The van der Waals surface area contributed by atoms with Crippen LogP contribution >= 0.6 is 7.82 Å². The van der Waals surface area contributed by atoms with Gasteiger partial charge >= 0.3 is 25.7 Å². The summed E-state index contributed by atoms with van der Waals surface area (Å²) in [4.78, 5) is 48.0. The van der Waals surface area contributed by atoms with Crippen molar-refractivity contribution < 1.29 is 52.2 Å². The summed E-state index contributed by atoms with van der Waals surface area (Å²) in [5.74, 6) is -1.67. The van der Waals surface area contributed by atoms with E-state index in [1.165, 1.54) is 32.1 Å².